The molecule has 0 spiro atoms. The normalized spacial score (nSPS) is 13.2. The summed E-state index contributed by atoms with van der Waals surface area (Å²) in [5.41, 5.74) is 0.137. The smallest absolute Gasteiger partial charge is 0.310 e. The number of carbonyl (C=O) groups excluding carboxylic acids is 1. The van der Waals surface area contributed by atoms with Crippen molar-refractivity contribution in [1.29, 1.82) is 0 Å². The standard InChI is InChI=1S/C15H25NO3S/c1-15(2,3)8-11(17)9-16-10-13-6-5-12(20-13)7-14(18)19-4/h5-6,11,16-17H,7-10H2,1-4H3. The van der Waals surface area contributed by atoms with E-state index in [2.05, 4.69) is 30.8 Å². The van der Waals surface area contributed by atoms with Crippen molar-refractivity contribution < 1.29 is 14.6 Å². The van der Waals surface area contributed by atoms with Gasteiger partial charge >= 0.3 is 5.97 Å². The van der Waals surface area contributed by atoms with E-state index in [1.807, 2.05) is 12.1 Å². The van der Waals surface area contributed by atoms with Gasteiger partial charge in [0.1, 0.15) is 0 Å². The van der Waals surface area contributed by atoms with Crippen molar-refractivity contribution in [2.45, 2.75) is 46.3 Å². The highest BCUT2D eigenvalue weighted by atomic mass is 32.1. The fourth-order valence-corrected chi connectivity index (χ4v) is 2.94. The molecule has 1 rings (SSSR count). The van der Waals surface area contributed by atoms with Gasteiger partial charge in [-0.3, -0.25) is 4.79 Å². The van der Waals surface area contributed by atoms with Crippen LogP contribution in [0.15, 0.2) is 12.1 Å². The lowest BCUT2D eigenvalue weighted by atomic mass is 9.89. The summed E-state index contributed by atoms with van der Waals surface area (Å²) >= 11 is 1.60. The van der Waals surface area contributed by atoms with E-state index in [1.165, 1.54) is 7.11 Å². The van der Waals surface area contributed by atoms with Gasteiger partial charge < -0.3 is 15.2 Å². The summed E-state index contributed by atoms with van der Waals surface area (Å²) < 4.78 is 4.64. The third-order valence-electron chi connectivity index (χ3n) is 2.79. The molecule has 0 saturated heterocycles. The maximum Gasteiger partial charge on any atom is 0.310 e. The lowest BCUT2D eigenvalue weighted by Gasteiger charge is -2.22. The minimum atomic E-state index is -0.329. The number of aliphatic hydroxyl groups excluding tert-OH is 1. The van der Waals surface area contributed by atoms with Crippen LogP contribution in [0.2, 0.25) is 0 Å². The molecule has 0 aliphatic rings. The van der Waals surface area contributed by atoms with Crippen molar-refractivity contribution in [3.05, 3.63) is 21.9 Å². The Labute approximate surface area is 125 Å². The molecule has 1 aromatic rings. The topological polar surface area (TPSA) is 58.6 Å². The predicted octanol–water partition coefficient (Wildman–Crippen LogP) is 2.35. The summed E-state index contributed by atoms with van der Waals surface area (Å²) in [5, 5.41) is 13.1. The number of nitrogens with one attached hydrogen (secondary N) is 1. The van der Waals surface area contributed by atoms with Crippen molar-refractivity contribution >= 4 is 17.3 Å². The SMILES string of the molecule is COC(=O)Cc1ccc(CNCC(O)CC(C)(C)C)s1. The van der Waals surface area contributed by atoms with Gasteiger partial charge in [0.15, 0.2) is 0 Å². The lowest BCUT2D eigenvalue weighted by molar-refractivity contribution is -0.139. The van der Waals surface area contributed by atoms with Gasteiger partial charge in [0.2, 0.25) is 0 Å². The molecule has 1 heterocycles. The summed E-state index contributed by atoms with van der Waals surface area (Å²) in [6.07, 6.45) is 0.774. The second-order valence-electron chi connectivity index (χ2n) is 6.17. The number of hydrogen-bond donors (Lipinski definition) is 2. The fourth-order valence-electron chi connectivity index (χ4n) is 1.97. The maximum absolute atomic E-state index is 11.2. The number of hydrogen-bond acceptors (Lipinski definition) is 5. The third-order valence-corrected chi connectivity index (χ3v) is 3.88. The zero-order valence-corrected chi connectivity index (χ0v) is 13.5. The van der Waals surface area contributed by atoms with E-state index in [4.69, 9.17) is 0 Å². The average Bonchev–Trinajstić information content (AvgIpc) is 2.74. The number of rotatable bonds is 7. The summed E-state index contributed by atoms with van der Waals surface area (Å²) in [7, 11) is 1.40. The molecule has 0 saturated carbocycles. The van der Waals surface area contributed by atoms with Gasteiger partial charge in [0.25, 0.3) is 0 Å². The Morgan fingerprint density at radius 1 is 1.40 bits per heavy atom. The molecule has 114 valence electrons. The second-order valence-corrected chi connectivity index (χ2v) is 7.42. The molecule has 0 aliphatic carbocycles. The molecule has 5 heteroatoms. The van der Waals surface area contributed by atoms with Crippen LogP contribution in [-0.2, 0) is 22.5 Å². The van der Waals surface area contributed by atoms with Crippen LogP contribution >= 0.6 is 11.3 Å². The molecule has 0 amide bonds. The minimum Gasteiger partial charge on any atom is -0.469 e. The van der Waals surface area contributed by atoms with Gasteiger partial charge in [0.05, 0.1) is 19.6 Å². The molecule has 0 bridgehead atoms. The molecule has 0 aromatic carbocycles. The van der Waals surface area contributed by atoms with Gasteiger partial charge in [0, 0.05) is 22.8 Å². The minimum absolute atomic E-state index is 0.137. The first-order valence-corrected chi connectivity index (χ1v) is 7.65. The van der Waals surface area contributed by atoms with E-state index < -0.39 is 0 Å². The van der Waals surface area contributed by atoms with Crippen LogP contribution in [0.5, 0.6) is 0 Å². The predicted molar refractivity (Wildman–Crippen MR) is 81.8 cm³/mol. The van der Waals surface area contributed by atoms with Crippen molar-refractivity contribution in [3.8, 4) is 0 Å². The number of esters is 1. The van der Waals surface area contributed by atoms with Gasteiger partial charge in [-0.1, -0.05) is 20.8 Å². The van der Waals surface area contributed by atoms with Crippen molar-refractivity contribution in [2.75, 3.05) is 13.7 Å². The van der Waals surface area contributed by atoms with Crippen molar-refractivity contribution in [1.82, 2.24) is 5.32 Å². The van der Waals surface area contributed by atoms with E-state index in [-0.39, 0.29) is 17.5 Å². The van der Waals surface area contributed by atoms with Crippen molar-refractivity contribution in [3.63, 3.8) is 0 Å². The second kappa shape index (κ2) is 7.76. The summed E-state index contributed by atoms with van der Waals surface area (Å²) in [5.74, 6) is -0.216. The first kappa shape index (κ1) is 17.1. The highest BCUT2D eigenvalue weighted by Crippen LogP contribution is 2.21. The first-order valence-electron chi connectivity index (χ1n) is 6.83. The highest BCUT2D eigenvalue weighted by molar-refractivity contribution is 7.12. The van der Waals surface area contributed by atoms with Crippen molar-refractivity contribution in [2.24, 2.45) is 5.41 Å². The van der Waals surface area contributed by atoms with E-state index in [0.717, 1.165) is 16.2 Å². The Balaban J connectivity index is 2.30. The van der Waals surface area contributed by atoms with Crippen LogP contribution in [0.1, 0.15) is 36.9 Å². The maximum atomic E-state index is 11.2. The molecule has 2 N–H and O–H groups in total. The fraction of sp³-hybridized carbons (Fsp3) is 0.667. The van der Waals surface area contributed by atoms with Gasteiger partial charge in [-0.15, -0.1) is 11.3 Å². The van der Waals surface area contributed by atoms with Gasteiger partial charge in [-0.05, 0) is 24.0 Å². The van der Waals surface area contributed by atoms with E-state index >= 15 is 0 Å². The van der Waals surface area contributed by atoms with Crippen LogP contribution in [0.3, 0.4) is 0 Å². The Bertz CT molecular complexity index is 423. The number of thiophene rings is 1. The van der Waals surface area contributed by atoms with Gasteiger partial charge in [-0.2, -0.15) is 0 Å². The average molecular weight is 299 g/mol. The highest BCUT2D eigenvalue weighted by Gasteiger charge is 2.16. The quantitative estimate of drug-likeness (QED) is 0.759. The zero-order valence-electron chi connectivity index (χ0n) is 12.7. The van der Waals surface area contributed by atoms with Crippen LogP contribution in [0.25, 0.3) is 0 Å². The molecule has 4 nitrogen and oxygen atoms in total. The lowest BCUT2D eigenvalue weighted by Crippen LogP contribution is -2.29. The van der Waals surface area contributed by atoms with Crippen LogP contribution < -0.4 is 5.32 Å². The molecule has 0 aliphatic heterocycles. The molecule has 0 fully saturated rings. The molecule has 1 aromatic heterocycles. The molecule has 1 unspecified atom stereocenters. The van der Waals surface area contributed by atoms with Crippen LogP contribution in [0, 0.1) is 5.41 Å². The monoisotopic (exact) mass is 299 g/mol. The largest absolute Gasteiger partial charge is 0.469 e. The summed E-state index contributed by atoms with van der Waals surface area (Å²) in [6, 6.07) is 3.95. The zero-order chi connectivity index (χ0) is 15.2. The molecule has 20 heavy (non-hydrogen) atoms. The number of carbonyl (C=O) groups is 1. The Kier molecular flexibility index (Phi) is 6.65. The Morgan fingerprint density at radius 3 is 2.65 bits per heavy atom. The number of ether oxygens (including phenoxy) is 1. The van der Waals surface area contributed by atoms with Crippen LogP contribution in [0.4, 0.5) is 0 Å². The number of methoxy groups -OCH3 is 1. The first-order chi connectivity index (χ1) is 9.30. The van der Waals surface area contributed by atoms with E-state index in [9.17, 15) is 9.90 Å². The van der Waals surface area contributed by atoms with Crippen LogP contribution in [-0.4, -0.2) is 30.8 Å². The Morgan fingerprint density at radius 2 is 2.05 bits per heavy atom. The molecular formula is C15H25NO3S. The molecule has 1 atom stereocenters. The van der Waals surface area contributed by atoms with E-state index in [0.29, 0.717) is 19.5 Å². The summed E-state index contributed by atoms with van der Waals surface area (Å²) in [6.45, 7) is 7.66. The third kappa shape index (κ3) is 7.03. The Hall–Kier alpha value is -0.910. The van der Waals surface area contributed by atoms with Gasteiger partial charge in [-0.25, -0.2) is 0 Å². The number of aliphatic hydroxyl groups is 1. The summed E-state index contributed by atoms with van der Waals surface area (Å²) in [4.78, 5) is 13.3. The molecular weight excluding hydrogens is 274 g/mol. The molecule has 0 radical (unpaired) electrons. The van der Waals surface area contributed by atoms with E-state index in [1.54, 1.807) is 11.3 Å².